The first-order valence-corrected chi connectivity index (χ1v) is 5.02. The molecule has 1 rings (SSSR count). The van der Waals surface area contributed by atoms with Crippen LogP contribution in [0, 0.1) is 0 Å². The number of aromatic nitrogens is 2. The van der Waals surface area contributed by atoms with Gasteiger partial charge in [-0.05, 0) is 6.92 Å². The van der Waals surface area contributed by atoms with Crippen LogP contribution in [0.2, 0.25) is 0 Å². The van der Waals surface area contributed by atoms with E-state index in [0.717, 1.165) is 0 Å². The first-order valence-electron chi connectivity index (χ1n) is 3.41. The number of aryl methyl sites for hydroxylation is 1. The summed E-state index contributed by atoms with van der Waals surface area (Å²) in [5, 5.41) is 4.21. The lowest BCUT2D eigenvalue weighted by atomic mass is 10.4. The van der Waals surface area contributed by atoms with Crippen LogP contribution in [0.15, 0.2) is 12.4 Å². The van der Waals surface area contributed by atoms with Gasteiger partial charge in [0.15, 0.2) is 0 Å². The SMILES string of the molecule is C[C@@H](c1nccn1C)S(N)(=O)=O. The van der Waals surface area contributed by atoms with Crippen LogP contribution in [0.3, 0.4) is 0 Å². The fourth-order valence-corrected chi connectivity index (χ4v) is 1.44. The van der Waals surface area contributed by atoms with E-state index in [0.29, 0.717) is 5.82 Å². The van der Waals surface area contributed by atoms with E-state index < -0.39 is 15.3 Å². The summed E-state index contributed by atoms with van der Waals surface area (Å²) in [5.74, 6) is 0.456. The van der Waals surface area contributed by atoms with E-state index in [-0.39, 0.29) is 0 Å². The Labute approximate surface area is 71.3 Å². The van der Waals surface area contributed by atoms with Gasteiger partial charge in [0.1, 0.15) is 11.1 Å². The van der Waals surface area contributed by atoms with E-state index in [2.05, 4.69) is 4.98 Å². The Morgan fingerprint density at radius 1 is 1.67 bits per heavy atom. The standard InChI is InChI=1S/C6H11N3O2S/c1-5(12(7,10)11)6-8-3-4-9(6)2/h3-5H,1-2H3,(H2,7,10,11)/t5-/m0/s1. The third-order valence-electron chi connectivity index (χ3n) is 1.71. The van der Waals surface area contributed by atoms with Crippen molar-refractivity contribution in [1.82, 2.24) is 9.55 Å². The highest BCUT2D eigenvalue weighted by molar-refractivity contribution is 7.89. The van der Waals surface area contributed by atoms with Crippen molar-refractivity contribution in [1.29, 1.82) is 0 Å². The van der Waals surface area contributed by atoms with Gasteiger partial charge in [-0.3, -0.25) is 0 Å². The Bertz CT molecular complexity index is 368. The van der Waals surface area contributed by atoms with Crippen LogP contribution in [0.5, 0.6) is 0 Å². The summed E-state index contributed by atoms with van der Waals surface area (Å²) in [6, 6.07) is 0. The molecule has 0 aromatic carbocycles. The molecule has 5 nitrogen and oxygen atoms in total. The van der Waals surface area contributed by atoms with E-state index in [4.69, 9.17) is 5.14 Å². The number of sulfonamides is 1. The summed E-state index contributed by atoms with van der Waals surface area (Å²) < 4.78 is 23.4. The third-order valence-corrected chi connectivity index (χ3v) is 2.91. The summed E-state index contributed by atoms with van der Waals surface area (Å²) in [4.78, 5) is 3.89. The molecule has 0 fully saturated rings. The van der Waals surface area contributed by atoms with Crippen molar-refractivity contribution in [2.45, 2.75) is 12.2 Å². The van der Waals surface area contributed by atoms with E-state index >= 15 is 0 Å². The Kier molecular flexibility index (Phi) is 2.20. The third kappa shape index (κ3) is 1.64. The lowest BCUT2D eigenvalue weighted by Gasteiger charge is -2.07. The molecule has 68 valence electrons. The van der Waals surface area contributed by atoms with Crippen LogP contribution in [0.25, 0.3) is 0 Å². The summed E-state index contributed by atoms with van der Waals surface area (Å²) in [7, 11) is -1.81. The van der Waals surface area contributed by atoms with Gasteiger partial charge in [-0.2, -0.15) is 0 Å². The van der Waals surface area contributed by atoms with Gasteiger partial charge in [0.2, 0.25) is 10.0 Å². The number of hydrogen-bond donors (Lipinski definition) is 1. The highest BCUT2D eigenvalue weighted by Gasteiger charge is 2.21. The normalized spacial score (nSPS) is 14.6. The highest BCUT2D eigenvalue weighted by Crippen LogP contribution is 2.15. The first-order chi connectivity index (χ1) is 5.43. The molecule has 0 unspecified atom stereocenters. The molecule has 1 aromatic rings. The van der Waals surface area contributed by atoms with Gasteiger partial charge in [-0.25, -0.2) is 18.5 Å². The molecular weight excluding hydrogens is 178 g/mol. The number of nitrogens with two attached hydrogens (primary N) is 1. The fourth-order valence-electron chi connectivity index (χ4n) is 0.916. The van der Waals surface area contributed by atoms with Crippen molar-refractivity contribution >= 4 is 10.0 Å². The van der Waals surface area contributed by atoms with Gasteiger partial charge in [0, 0.05) is 19.4 Å². The van der Waals surface area contributed by atoms with Gasteiger partial charge < -0.3 is 4.57 Å². The van der Waals surface area contributed by atoms with Crippen molar-refractivity contribution in [3.05, 3.63) is 18.2 Å². The molecule has 0 aliphatic rings. The minimum atomic E-state index is -3.53. The molecule has 1 atom stereocenters. The largest absolute Gasteiger partial charge is 0.337 e. The number of nitrogens with zero attached hydrogens (tertiary/aromatic N) is 2. The van der Waals surface area contributed by atoms with E-state index in [1.165, 1.54) is 13.1 Å². The number of hydrogen-bond acceptors (Lipinski definition) is 3. The van der Waals surface area contributed by atoms with Crippen LogP contribution < -0.4 is 5.14 Å². The summed E-state index contributed by atoms with van der Waals surface area (Å²) in [6.45, 7) is 1.51. The van der Waals surface area contributed by atoms with Crippen LogP contribution >= 0.6 is 0 Å². The average molecular weight is 189 g/mol. The molecule has 2 N–H and O–H groups in total. The van der Waals surface area contributed by atoms with Crippen molar-refractivity contribution in [2.75, 3.05) is 0 Å². The predicted molar refractivity (Wildman–Crippen MR) is 44.7 cm³/mol. The molecular formula is C6H11N3O2S. The molecule has 0 saturated heterocycles. The first kappa shape index (κ1) is 9.21. The van der Waals surface area contributed by atoms with Crippen molar-refractivity contribution in [3.63, 3.8) is 0 Å². The maximum Gasteiger partial charge on any atom is 0.218 e. The summed E-state index contributed by atoms with van der Waals surface area (Å²) in [5.41, 5.74) is 0. The van der Waals surface area contributed by atoms with E-state index in [1.807, 2.05) is 0 Å². The molecule has 0 spiro atoms. The summed E-state index contributed by atoms with van der Waals surface area (Å²) >= 11 is 0. The monoisotopic (exact) mass is 189 g/mol. The Hall–Kier alpha value is -0.880. The fraction of sp³-hybridized carbons (Fsp3) is 0.500. The second-order valence-electron chi connectivity index (χ2n) is 2.63. The Morgan fingerprint density at radius 2 is 2.25 bits per heavy atom. The zero-order valence-corrected chi connectivity index (χ0v) is 7.75. The predicted octanol–water partition coefficient (Wildman–Crippen LogP) is -0.230. The molecule has 0 bridgehead atoms. The topological polar surface area (TPSA) is 78.0 Å². The molecule has 0 aliphatic carbocycles. The molecule has 6 heteroatoms. The van der Waals surface area contributed by atoms with Crippen molar-refractivity contribution in [2.24, 2.45) is 12.2 Å². The molecule has 1 heterocycles. The van der Waals surface area contributed by atoms with Crippen LogP contribution in [-0.4, -0.2) is 18.0 Å². The van der Waals surface area contributed by atoms with Crippen LogP contribution in [0.1, 0.15) is 18.0 Å². The minimum Gasteiger partial charge on any atom is -0.337 e. The van der Waals surface area contributed by atoms with E-state index in [9.17, 15) is 8.42 Å². The lowest BCUT2D eigenvalue weighted by Crippen LogP contribution is -2.21. The van der Waals surface area contributed by atoms with Crippen molar-refractivity contribution in [3.8, 4) is 0 Å². The maximum atomic E-state index is 10.9. The lowest BCUT2D eigenvalue weighted by molar-refractivity contribution is 0.582. The summed E-state index contributed by atoms with van der Waals surface area (Å²) in [6.07, 6.45) is 3.22. The molecule has 0 saturated carbocycles. The highest BCUT2D eigenvalue weighted by atomic mass is 32.2. The molecule has 0 radical (unpaired) electrons. The number of rotatable bonds is 2. The molecule has 1 aromatic heterocycles. The number of imidazole rings is 1. The Morgan fingerprint density at radius 3 is 2.58 bits per heavy atom. The zero-order valence-electron chi connectivity index (χ0n) is 6.93. The van der Waals surface area contributed by atoms with Gasteiger partial charge >= 0.3 is 0 Å². The second kappa shape index (κ2) is 2.87. The zero-order chi connectivity index (χ0) is 9.35. The molecule has 12 heavy (non-hydrogen) atoms. The van der Waals surface area contributed by atoms with Crippen molar-refractivity contribution < 1.29 is 8.42 Å². The van der Waals surface area contributed by atoms with Gasteiger partial charge in [0.05, 0.1) is 0 Å². The smallest absolute Gasteiger partial charge is 0.218 e. The van der Waals surface area contributed by atoms with Crippen LogP contribution in [0.4, 0.5) is 0 Å². The Balaban J connectivity index is 3.09. The average Bonchev–Trinajstić information content (AvgIpc) is 2.31. The van der Waals surface area contributed by atoms with Gasteiger partial charge in [0.25, 0.3) is 0 Å². The van der Waals surface area contributed by atoms with Gasteiger partial charge in [-0.15, -0.1) is 0 Å². The number of primary sulfonamides is 1. The second-order valence-corrected chi connectivity index (χ2v) is 4.51. The maximum absolute atomic E-state index is 10.9. The van der Waals surface area contributed by atoms with Gasteiger partial charge in [-0.1, -0.05) is 0 Å². The minimum absolute atomic E-state index is 0.456. The van der Waals surface area contributed by atoms with E-state index in [1.54, 1.807) is 17.8 Å². The van der Waals surface area contributed by atoms with Crippen LogP contribution in [-0.2, 0) is 17.1 Å². The molecule has 0 amide bonds. The molecule has 0 aliphatic heterocycles. The quantitative estimate of drug-likeness (QED) is 0.698.